The fourth-order valence-electron chi connectivity index (χ4n) is 5.17. The SMILES string of the molecule is C#CC(=O)NC1CCCC1.Clc1cc(Cl)cc(-c2ncn[nH]2)c1.O=C(/C=C\n1cnc(-c2cccc(Cl)c2)n1)CC1CCCC1. The summed E-state index contributed by atoms with van der Waals surface area (Å²) in [6.45, 7) is 0. The number of amides is 1. The normalized spacial score (nSPS) is 14.7. The minimum absolute atomic E-state index is 0.159. The van der Waals surface area contributed by atoms with Crippen LogP contribution in [0.5, 0.6) is 0 Å². The first-order valence-electron chi connectivity index (χ1n) is 14.8. The highest BCUT2D eigenvalue weighted by Crippen LogP contribution is 2.28. The number of rotatable bonds is 7. The molecule has 0 aliphatic heterocycles. The third kappa shape index (κ3) is 11.5. The number of hydrogen-bond acceptors (Lipinski definition) is 6. The van der Waals surface area contributed by atoms with Crippen molar-refractivity contribution in [3.63, 3.8) is 0 Å². The van der Waals surface area contributed by atoms with E-state index in [9.17, 15) is 9.59 Å². The molecule has 2 saturated carbocycles. The lowest BCUT2D eigenvalue weighted by Crippen LogP contribution is -2.31. The molecule has 234 valence electrons. The third-order valence-electron chi connectivity index (χ3n) is 7.34. The Hall–Kier alpha value is -3.97. The topological polar surface area (TPSA) is 118 Å². The fraction of sp³-hybridized carbons (Fsp3) is 0.333. The number of aromatic amines is 1. The zero-order valence-electron chi connectivity index (χ0n) is 24.6. The Morgan fingerprint density at radius 1 is 0.956 bits per heavy atom. The number of aromatic nitrogens is 6. The quantitative estimate of drug-likeness (QED) is 0.154. The number of terminal acetylenes is 1. The molecule has 0 saturated heterocycles. The standard InChI is InChI=1S/C17H18ClN3O.C8H5Cl2N3.C8H11NO/c18-15-7-3-6-14(11-15)17-19-12-21(20-17)9-8-16(22)10-13-4-1-2-5-13;9-6-1-5(2-7(10)3-6)8-11-4-12-13-8;1-2-8(10)9-7-5-3-4-6-7/h3,6-9,11-13H,1-2,4-5,10H2;1-4H,(H,11,12,13);1,7H,3-6H2,(H,9,10)/b9-8-;;. The highest BCUT2D eigenvalue weighted by Gasteiger charge is 2.17. The molecule has 9 nitrogen and oxygen atoms in total. The van der Waals surface area contributed by atoms with Crippen LogP contribution in [-0.2, 0) is 9.59 Å². The number of H-pyrrole nitrogens is 1. The molecule has 0 atom stereocenters. The summed E-state index contributed by atoms with van der Waals surface area (Å²) in [5.74, 6) is 3.74. The molecule has 4 aromatic rings. The van der Waals surface area contributed by atoms with Gasteiger partial charge in [0.2, 0.25) is 0 Å². The molecule has 0 radical (unpaired) electrons. The van der Waals surface area contributed by atoms with Crippen LogP contribution in [0.2, 0.25) is 15.1 Å². The molecule has 6 rings (SSSR count). The highest BCUT2D eigenvalue weighted by atomic mass is 35.5. The third-order valence-corrected chi connectivity index (χ3v) is 8.01. The molecule has 0 spiro atoms. The molecular formula is C33H34Cl3N7O2. The van der Waals surface area contributed by atoms with Gasteiger partial charge in [-0.3, -0.25) is 14.7 Å². The van der Waals surface area contributed by atoms with Crippen LogP contribution in [0.15, 0.2) is 61.2 Å². The van der Waals surface area contributed by atoms with Gasteiger partial charge in [0, 0.05) is 44.9 Å². The second-order valence-electron chi connectivity index (χ2n) is 10.8. The average molecular weight is 667 g/mol. The summed E-state index contributed by atoms with van der Waals surface area (Å²) in [5, 5.41) is 15.4. The molecule has 12 heteroatoms. The molecule has 0 bridgehead atoms. The van der Waals surface area contributed by atoms with Crippen molar-refractivity contribution in [3.05, 3.63) is 76.3 Å². The Morgan fingerprint density at radius 3 is 2.29 bits per heavy atom. The van der Waals surface area contributed by atoms with E-state index < -0.39 is 0 Å². The van der Waals surface area contributed by atoms with Gasteiger partial charge >= 0.3 is 0 Å². The number of allylic oxidation sites excluding steroid dienone is 1. The van der Waals surface area contributed by atoms with E-state index in [1.807, 2.05) is 30.2 Å². The molecule has 2 aromatic heterocycles. The van der Waals surface area contributed by atoms with Crippen LogP contribution < -0.4 is 5.32 Å². The summed E-state index contributed by atoms with van der Waals surface area (Å²) in [6, 6.07) is 13.0. The van der Waals surface area contributed by atoms with Gasteiger partial charge in [0.05, 0.1) is 0 Å². The Bertz CT molecular complexity index is 1600. The molecule has 45 heavy (non-hydrogen) atoms. The van der Waals surface area contributed by atoms with Gasteiger partial charge in [-0.2, -0.15) is 5.10 Å². The Morgan fingerprint density at radius 2 is 1.64 bits per heavy atom. The van der Waals surface area contributed by atoms with Crippen molar-refractivity contribution in [3.8, 4) is 35.1 Å². The van der Waals surface area contributed by atoms with Gasteiger partial charge in [-0.05, 0) is 61.1 Å². The second kappa shape index (κ2) is 17.5. The minimum Gasteiger partial charge on any atom is -0.343 e. The number of benzene rings is 2. The summed E-state index contributed by atoms with van der Waals surface area (Å²) >= 11 is 17.6. The molecule has 2 heterocycles. The van der Waals surface area contributed by atoms with Gasteiger partial charge in [0.1, 0.15) is 12.7 Å². The van der Waals surface area contributed by atoms with Crippen molar-refractivity contribution in [1.82, 2.24) is 35.3 Å². The van der Waals surface area contributed by atoms with E-state index in [0.717, 1.165) is 24.0 Å². The number of halogens is 3. The van der Waals surface area contributed by atoms with Crippen LogP contribution in [0.4, 0.5) is 0 Å². The minimum atomic E-state index is -0.271. The highest BCUT2D eigenvalue weighted by molar-refractivity contribution is 6.35. The van der Waals surface area contributed by atoms with Crippen molar-refractivity contribution in [2.45, 2.75) is 63.8 Å². The molecule has 0 unspecified atom stereocenters. The molecule has 2 aliphatic rings. The number of nitrogens with zero attached hydrogens (tertiary/aromatic N) is 5. The first-order valence-corrected chi connectivity index (χ1v) is 15.9. The van der Waals surface area contributed by atoms with E-state index in [4.69, 9.17) is 41.2 Å². The van der Waals surface area contributed by atoms with Gasteiger partial charge in [-0.25, -0.2) is 14.6 Å². The first kappa shape index (κ1) is 33.9. The Kier molecular flexibility index (Phi) is 13.2. The number of ketones is 1. The predicted octanol–water partition coefficient (Wildman–Crippen LogP) is 7.68. The van der Waals surface area contributed by atoms with Gasteiger partial charge in [0.15, 0.2) is 17.4 Å². The number of hydrogen-bond donors (Lipinski definition) is 2. The monoisotopic (exact) mass is 665 g/mol. The number of carbonyl (C=O) groups excluding carboxylic acids is 2. The van der Waals surface area contributed by atoms with Gasteiger partial charge in [-0.1, -0.05) is 85.5 Å². The molecule has 2 aromatic carbocycles. The van der Waals surface area contributed by atoms with Crippen molar-refractivity contribution in [2.75, 3.05) is 0 Å². The lowest BCUT2D eigenvalue weighted by atomic mass is 10.0. The summed E-state index contributed by atoms with van der Waals surface area (Å²) in [6.07, 6.45) is 21.3. The maximum Gasteiger partial charge on any atom is 0.295 e. The zero-order valence-corrected chi connectivity index (χ0v) is 26.9. The van der Waals surface area contributed by atoms with Crippen LogP contribution in [0.25, 0.3) is 29.0 Å². The predicted molar refractivity (Wildman–Crippen MR) is 178 cm³/mol. The summed E-state index contributed by atoms with van der Waals surface area (Å²) < 4.78 is 1.56. The van der Waals surface area contributed by atoms with Crippen LogP contribution in [-0.4, -0.2) is 47.7 Å². The van der Waals surface area contributed by atoms with Crippen molar-refractivity contribution in [1.29, 1.82) is 0 Å². The van der Waals surface area contributed by atoms with Gasteiger partial charge in [-0.15, -0.1) is 11.5 Å². The molecule has 2 N–H and O–H groups in total. The summed E-state index contributed by atoms with van der Waals surface area (Å²) in [7, 11) is 0. The van der Waals surface area contributed by atoms with Crippen molar-refractivity contribution < 1.29 is 9.59 Å². The van der Waals surface area contributed by atoms with E-state index >= 15 is 0 Å². The Labute approximate surface area is 277 Å². The number of carbonyl (C=O) groups is 2. The van der Waals surface area contributed by atoms with E-state index in [1.54, 1.807) is 41.5 Å². The maximum absolute atomic E-state index is 11.9. The summed E-state index contributed by atoms with van der Waals surface area (Å²) in [4.78, 5) is 30.8. The fourth-order valence-corrected chi connectivity index (χ4v) is 5.88. The van der Waals surface area contributed by atoms with Crippen LogP contribution in [0.3, 0.4) is 0 Å². The molecule has 1 amide bonds. The van der Waals surface area contributed by atoms with E-state index in [1.165, 1.54) is 44.9 Å². The van der Waals surface area contributed by atoms with E-state index in [-0.39, 0.29) is 11.7 Å². The molecular weight excluding hydrogens is 633 g/mol. The van der Waals surface area contributed by atoms with Gasteiger partial charge < -0.3 is 5.32 Å². The number of nitrogens with one attached hydrogen (secondary N) is 2. The second-order valence-corrected chi connectivity index (χ2v) is 12.1. The lowest BCUT2D eigenvalue weighted by molar-refractivity contribution is -0.116. The molecule has 2 aliphatic carbocycles. The van der Waals surface area contributed by atoms with E-state index in [0.29, 0.717) is 45.1 Å². The molecule has 2 fully saturated rings. The van der Waals surface area contributed by atoms with Gasteiger partial charge in [0.25, 0.3) is 5.91 Å². The maximum atomic E-state index is 11.9. The van der Waals surface area contributed by atoms with Crippen LogP contribution in [0.1, 0.15) is 57.8 Å². The zero-order chi connectivity index (χ0) is 32.0. The smallest absolute Gasteiger partial charge is 0.295 e. The Balaban J connectivity index is 0.000000170. The first-order chi connectivity index (χ1) is 21.8. The summed E-state index contributed by atoms with van der Waals surface area (Å²) in [5.41, 5.74) is 1.69. The van der Waals surface area contributed by atoms with Crippen LogP contribution >= 0.6 is 34.8 Å². The largest absolute Gasteiger partial charge is 0.343 e. The van der Waals surface area contributed by atoms with Crippen molar-refractivity contribution in [2.24, 2.45) is 5.92 Å². The van der Waals surface area contributed by atoms with E-state index in [2.05, 4.69) is 30.6 Å². The van der Waals surface area contributed by atoms with Crippen molar-refractivity contribution >= 4 is 52.7 Å². The lowest BCUT2D eigenvalue weighted by Gasteiger charge is -2.07. The van der Waals surface area contributed by atoms with Crippen LogP contribution in [0, 0.1) is 18.3 Å². The average Bonchev–Trinajstić information content (AvgIpc) is 3.85.